The molecule has 0 atom stereocenters. The second-order valence-electron chi connectivity index (χ2n) is 1.69. The second-order valence-corrected chi connectivity index (χ2v) is 1.69. The summed E-state index contributed by atoms with van der Waals surface area (Å²) in [5.41, 5.74) is 0.266. The molecule has 1 aromatic rings. The monoisotopic (exact) mass is 139 g/mol. The number of amides is 1. The van der Waals surface area contributed by atoms with Gasteiger partial charge in [-0.1, -0.05) is 5.16 Å². The topological polar surface area (TPSA) is 55.1 Å². The summed E-state index contributed by atoms with van der Waals surface area (Å²) >= 11 is 0. The Bertz CT molecular complexity index is 206. The van der Waals surface area contributed by atoms with Crippen molar-refractivity contribution in [1.29, 1.82) is 0 Å². The Morgan fingerprint density at radius 2 is 2.80 bits per heavy atom. The maximum Gasteiger partial charge on any atom is 0.273 e. The summed E-state index contributed by atoms with van der Waals surface area (Å²) in [5, 5.41) is 5.96. The van der Waals surface area contributed by atoms with Crippen LogP contribution in [0.25, 0.3) is 0 Å². The number of hydrogen-bond donors (Lipinski definition) is 1. The van der Waals surface area contributed by atoms with Gasteiger partial charge in [-0.25, -0.2) is 0 Å². The third-order valence-electron chi connectivity index (χ3n) is 0.962. The third kappa shape index (κ3) is 1.34. The van der Waals surface area contributed by atoms with Crippen LogP contribution in [0.3, 0.4) is 0 Å². The molecule has 1 heterocycles. The minimum atomic E-state index is -0.229. The van der Waals surface area contributed by atoms with E-state index in [1.54, 1.807) is 0 Å². The summed E-state index contributed by atoms with van der Waals surface area (Å²) in [6, 6.07) is 1.39. The molecule has 0 saturated heterocycles. The van der Waals surface area contributed by atoms with Crippen molar-refractivity contribution >= 4 is 5.91 Å². The van der Waals surface area contributed by atoms with Crippen molar-refractivity contribution in [3.05, 3.63) is 18.0 Å². The lowest BCUT2D eigenvalue weighted by Gasteiger charge is -1.93. The lowest BCUT2D eigenvalue weighted by Crippen LogP contribution is -2.22. The van der Waals surface area contributed by atoms with Crippen LogP contribution in [-0.4, -0.2) is 17.6 Å². The van der Waals surface area contributed by atoms with E-state index in [2.05, 4.69) is 21.3 Å². The smallest absolute Gasteiger partial charge is 0.273 e. The van der Waals surface area contributed by atoms with E-state index >= 15 is 0 Å². The van der Waals surface area contributed by atoms with Crippen LogP contribution < -0.4 is 5.32 Å². The lowest BCUT2D eigenvalue weighted by atomic mass is 10.4. The third-order valence-corrected chi connectivity index (χ3v) is 0.962. The zero-order chi connectivity index (χ0) is 7.40. The second kappa shape index (κ2) is 3.00. The summed E-state index contributed by atoms with van der Waals surface area (Å²) in [6.45, 7) is 2.42. The lowest BCUT2D eigenvalue weighted by molar-refractivity contribution is 0.0947. The van der Waals surface area contributed by atoms with Crippen molar-refractivity contribution in [2.45, 2.75) is 6.92 Å². The normalized spacial score (nSPS) is 9.30. The molecule has 53 valence electrons. The fourth-order valence-corrected chi connectivity index (χ4v) is 0.542. The first kappa shape index (κ1) is 6.80. The van der Waals surface area contributed by atoms with Gasteiger partial charge in [0.1, 0.15) is 0 Å². The molecular weight excluding hydrogens is 132 g/mol. The molecule has 0 bridgehead atoms. The van der Waals surface area contributed by atoms with Crippen LogP contribution in [0, 0.1) is 6.26 Å². The van der Waals surface area contributed by atoms with Gasteiger partial charge in [-0.05, 0) is 6.92 Å². The average molecular weight is 139 g/mol. The zero-order valence-corrected chi connectivity index (χ0v) is 5.55. The molecule has 4 nitrogen and oxygen atoms in total. The molecular formula is C6H7N2O2. The van der Waals surface area contributed by atoms with Crippen LogP contribution in [-0.2, 0) is 0 Å². The van der Waals surface area contributed by atoms with E-state index < -0.39 is 0 Å². The molecule has 0 saturated carbocycles. The van der Waals surface area contributed by atoms with E-state index in [9.17, 15) is 4.79 Å². The quantitative estimate of drug-likeness (QED) is 0.637. The van der Waals surface area contributed by atoms with Gasteiger partial charge in [0.2, 0.25) is 6.26 Å². The van der Waals surface area contributed by atoms with Crippen LogP contribution in [0.15, 0.2) is 10.6 Å². The summed E-state index contributed by atoms with van der Waals surface area (Å²) < 4.78 is 4.35. The highest BCUT2D eigenvalue weighted by atomic mass is 16.5. The van der Waals surface area contributed by atoms with E-state index in [4.69, 9.17) is 0 Å². The fourth-order valence-electron chi connectivity index (χ4n) is 0.542. The Labute approximate surface area is 58.2 Å². The number of nitrogens with one attached hydrogen (secondary N) is 1. The first-order chi connectivity index (χ1) is 4.84. The van der Waals surface area contributed by atoms with Crippen molar-refractivity contribution < 1.29 is 9.32 Å². The standard InChI is InChI=1S/C6H7N2O2/c1-2-7-6(9)5-3-4-10-8-5/h3H,2H2,1H3,(H,7,9). The van der Waals surface area contributed by atoms with E-state index in [1.165, 1.54) is 6.07 Å². The van der Waals surface area contributed by atoms with Gasteiger partial charge in [0.05, 0.1) is 0 Å². The van der Waals surface area contributed by atoms with Crippen molar-refractivity contribution in [3.8, 4) is 0 Å². The molecule has 0 unspecified atom stereocenters. The van der Waals surface area contributed by atoms with Gasteiger partial charge in [-0.2, -0.15) is 0 Å². The molecule has 0 fully saturated rings. The molecule has 1 N–H and O–H groups in total. The Morgan fingerprint density at radius 1 is 2.00 bits per heavy atom. The number of nitrogens with zero attached hydrogens (tertiary/aromatic N) is 1. The van der Waals surface area contributed by atoms with Gasteiger partial charge < -0.3 is 9.84 Å². The molecule has 4 heteroatoms. The van der Waals surface area contributed by atoms with E-state index in [-0.39, 0.29) is 11.6 Å². The first-order valence-corrected chi connectivity index (χ1v) is 2.95. The minimum absolute atomic E-state index is 0.229. The van der Waals surface area contributed by atoms with Gasteiger partial charge in [-0.15, -0.1) is 0 Å². The fraction of sp³-hybridized carbons (Fsp3) is 0.333. The number of carbonyl (C=O) groups is 1. The Kier molecular flexibility index (Phi) is 2.04. The van der Waals surface area contributed by atoms with E-state index in [0.29, 0.717) is 6.54 Å². The maximum absolute atomic E-state index is 10.9. The van der Waals surface area contributed by atoms with Crippen molar-refractivity contribution in [3.63, 3.8) is 0 Å². The zero-order valence-electron chi connectivity index (χ0n) is 5.55. The number of carbonyl (C=O) groups excluding carboxylic acids is 1. The molecule has 0 aliphatic heterocycles. The van der Waals surface area contributed by atoms with Gasteiger partial charge in [0.15, 0.2) is 5.69 Å². The van der Waals surface area contributed by atoms with Crippen LogP contribution in [0.5, 0.6) is 0 Å². The number of aromatic nitrogens is 1. The summed E-state index contributed by atoms with van der Waals surface area (Å²) in [5.74, 6) is -0.229. The molecule has 0 aliphatic carbocycles. The highest BCUT2D eigenvalue weighted by Crippen LogP contribution is 1.91. The largest absolute Gasteiger partial charge is 0.352 e. The summed E-state index contributed by atoms with van der Waals surface area (Å²) in [6.07, 6.45) is 2.32. The SMILES string of the molecule is CCNC(=O)c1c[c]on1. The number of rotatable bonds is 2. The van der Waals surface area contributed by atoms with Gasteiger partial charge in [0, 0.05) is 12.6 Å². The van der Waals surface area contributed by atoms with Crippen molar-refractivity contribution in [2.75, 3.05) is 6.54 Å². The Hall–Kier alpha value is -1.32. The van der Waals surface area contributed by atoms with Crippen LogP contribution in [0.4, 0.5) is 0 Å². The molecule has 1 rings (SSSR count). The van der Waals surface area contributed by atoms with Crippen LogP contribution in [0.2, 0.25) is 0 Å². The highest BCUT2D eigenvalue weighted by Gasteiger charge is 2.05. The molecule has 0 aliphatic rings. The first-order valence-electron chi connectivity index (χ1n) is 2.95. The number of hydrogen-bond acceptors (Lipinski definition) is 3. The van der Waals surface area contributed by atoms with Gasteiger partial charge in [0.25, 0.3) is 5.91 Å². The molecule has 10 heavy (non-hydrogen) atoms. The van der Waals surface area contributed by atoms with E-state index in [0.717, 1.165) is 0 Å². The average Bonchev–Trinajstić information content (AvgIpc) is 2.38. The minimum Gasteiger partial charge on any atom is -0.352 e. The van der Waals surface area contributed by atoms with Crippen LogP contribution >= 0.6 is 0 Å². The van der Waals surface area contributed by atoms with Gasteiger partial charge >= 0.3 is 0 Å². The maximum atomic E-state index is 10.9. The Morgan fingerprint density at radius 3 is 3.30 bits per heavy atom. The van der Waals surface area contributed by atoms with E-state index in [1.807, 2.05) is 6.92 Å². The van der Waals surface area contributed by atoms with Crippen molar-refractivity contribution in [1.82, 2.24) is 10.5 Å². The molecule has 0 spiro atoms. The van der Waals surface area contributed by atoms with Crippen molar-refractivity contribution in [2.24, 2.45) is 0 Å². The molecule has 1 radical (unpaired) electrons. The summed E-state index contributed by atoms with van der Waals surface area (Å²) in [7, 11) is 0. The van der Waals surface area contributed by atoms with Gasteiger partial charge in [-0.3, -0.25) is 4.79 Å². The van der Waals surface area contributed by atoms with Crippen LogP contribution in [0.1, 0.15) is 17.4 Å². The predicted molar refractivity (Wildman–Crippen MR) is 33.3 cm³/mol. The molecule has 1 aromatic heterocycles. The predicted octanol–water partition coefficient (Wildman–Crippen LogP) is 0.224. The molecule has 0 aromatic carbocycles. The highest BCUT2D eigenvalue weighted by molar-refractivity contribution is 5.91. The summed E-state index contributed by atoms with van der Waals surface area (Å²) in [4.78, 5) is 10.9. The Balaban J connectivity index is 2.59. The molecule has 1 amide bonds.